The van der Waals surface area contributed by atoms with Gasteiger partial charge in [0.05, 0.1) is 19.4 Å². The van der Waals surface area contributed by atoms with Crippen LogP contribution in [0.4, 0.5) is 0 Å². The van der Waals surface area contributed by atoms with Crippen LogP contribution < -0.4 is 4.74 Å². The van der Waals surface area contributed by atoms with E-state index in [4.69, 9.17) is 9.47 Å². The van der Waals surface area contributed by atoms with Crippen molar-refractivity contribution in [2.75, 3.05) is 13.2 Å². The molecule has 2 aliphatic heterocycles. The molecule has 1 saturated heterocycles. The van der Waals surface area contributed by atoms with Crippen LogP contribution >= 0.6 is 0 Å². The standard InChI is InChI=1S/C11H12N2O4S/c14-18(15)9-2-1-5-12-10(9)17-11(8-13-18)3-6-16-7-4-11/h1-2,5,8H,3-4,6-7H2. The highest BCUT2D eigenvalue weighted by atomic mass is 32.2. The van der Waals surface area contributed by atoms with Gasteiger partial charge in [0.1, 0.15) is 0 Å². The van der Waals surface area contributed by atoms with E-state index < -0.39 is 15.6 Å². The Hall–Kier alpha value is -1.47. The first kappa shape index (κ1) is 11.6. The van der Waals surface area contributed by atoms with Crippen LogP contribution in [-0.2, 0) is 14.8 Å². The third-order valence-corrected chi connectivity index (χ3v) is 4.33. The maximum atomic E-state index is 12.0. The Kier molecular flexibility index (Phi) is 2.60. The molecule has 0 amide bonds. The zero-order valence-corrected chi connectivity index (χ0v) is 10.4. The van der Waals surface area contributed by atoms with Gasteiger partial charge in [0, 0.05) is 19.0 Å². The quantitative estimate of drug-likeness (QED) is 0.695. The van der Waals surface area contributed by atoms with Crippen molar-refractivity contribution >= 4 is 16.2 Å². The summed E-state index contributed by atoms with van der Waals surface area (Å²) in [6.07, 6.45) is 4.03. The number of sulfonamides is 1. The molecule has 0 aliphatic carbocycles. The first-order chi connectivity index (χ1) is 8.61. The summed E-state index contributed by atoms with van der Waals surface area (Å²) in [6.45, 7) is 1.04. The van der Waals surface area contributed by atoms with Crippen molar-refractivity contribution in [3.63, 3.8) is 0 Å². The van der Waals surface area contributed by atoms with Crippen LogP contribution in [0.3, 0.4) is 0 Å². The van der Waals surface area contributed by atoms with Gasteiger partial charge in [-0.15, -0.1) is 0 Å². The summed E-state index contributed by atoms with van der Waals surface area (Å²) in [7, 11) is -3.71. The zero-order valence-electron chi connectivity index (χ0n) is 9.57. The molecule has 18 heavy (non-hydrogen) atoms. The van der Waals surface area contributed by atoms with E-state index in [9.17, 15) is 8.42 Å². The summed E-state index contributed by atoms with van der Waals surface area (Å²) in [5.74, 6) is 0.122. The number of rotatable bonds is 0. The number of pyridine rings is 1. The van der Waals surface area contributed by atoms with E-state index in [-0.39, 0.29) is 10.8 Å². The van der Waals surface area contributed by atoms with Crippen LogP contribution in [0.2, 0.25) is 0 Å². The van der Waals surface area contributed by atoms with Gasteiger partial charge in [0.2, 0.25) is 5.88 Å². The van der Waals surface area contributed by atoms with Crippen molar-refractivity contribution in [1.29, 1.82) is 0 Å². The molecular weight excluding hydrogens is 256 g/mol. The fourth-order valence-corrected chi connectivity index (χ4v) is 3.05. The molecule has 96 valence electrons. The van der Waals surface area contributed by atoms with E-state index >= 15 is 0 Å². The minimum Gasteiger partial charge on any atom is -0.464 e. The molecule has 0 aromatic carbocycles. The zero-order chi connectivity index (χ0) is 12.6. The number of hydrogen-bond donors (Lipinski definition) is 0. The molecule has 7 heteroatoms. The van der Waals surface area contributed by atoms with Crippen molar-refractivity contribution in [2.24, 2.45) is 4.40 Å². The average Bonchev–Trinajstić information content (AvgIpc) is 2.48. The molecule has 1 fully saturated rings. The van der Waals surface area contributed by atoms with Crippen molar-refractivity contribution in [1.82, 2.24) is 4.98 Å². The molecule has 6 nitrogen and oxygen atoms in total. The second kappa shape index (κ2) is 4.03. The summed E-state index contributed by atoms with van der Waals surface area (Å²) < 4.78 is 38.7. The molecule has 3 heterocycles. The minimum absolute atomic E-state index is 0.0182. The van der Waals surface area contributed by atoms with Crippen LogP contribution in [0.5, 0.6) is 5.88 Å². The highest BCUT2D eigenvalue weighted by molar-refractivity contribution is 7.90. The van der Waals surface area contributed by atoms with Gasteiger partial charge < -0.3 is 9.47 Å². The number of fused-ring (bicyclic) bond motifs is 1. The lowest BCUT2D eigenvalue weighted by Gasteiger charge is -2.32. The van der Waals surface area contributed by atoms with E-state index in [2.05, 4.69) is 9.38 Å². The number of hydrogen-bond acceptors (Lipinski definition) is 5. The molecule has 0 unspecified atom stereocenters. The Labute approximate surface area is 105 Å². The maximum absolute atomic E-state index is 12.0. The first-order valence-electron chi connectivity index (χ1n) is 5.65. The van der Waals surface area contributed by atoms with Crippen molar-refractivity contribution in [2.45, 2.75) is 23.3 Å². The lowest BCUT2D eigenvalue weighted by molar-refractivity contribution is -0.00582. The van der Waals surface area contributed by atoms with E-state index in [0.717, 1.165) is 0 Å². The van der Waals surface area contributed by atoms with Gasteiger partial charge in [-0.2, -0.15) is 12.8 Å². The average molecular weight is 268 g/mol. The molecule has 0 saturated carbocycles. The van der Waals surface area contributed by atoms with Crippen LogP contribution in [-0.4, -0.2) is 38.4 Å². The Morgan fingerprint density at radius 3 is 2.83 bits per heavy atom. The third kappa shape index (κ3) is 1.89. The van der Waals surface area contributed by atoms with Gasteiger partial charge in [0.25, 0.3) is 10.0 Å². The second-order valence-electron chi connectivity index (χ2n) is 4.30. The lowest BCUT2D eigenvalue weighted by Crippen LogP contribution is -2.43. The summed E-state index contributed by atoms with van der Waals surface area (Å²) in [6, 6.07) is 3.00. The smallest absolute Gasteiger partial charge is 0.287 e. The molecule has 1 aromatic rings. The van der Waals surface area contributed by atoms with Crippen LogP contribution in [0.1, 0.15) is 12.8 Å². The molecule has 1 aromatic heterocycles. The van der Waals surface area contributed by atoms with Crippen molar-refractivity contribution in [3.05, 3.63) is 18.3 Å². The van der Waals surface area contributed by atoms with Crippen LogP contribution in [0, 0.1) is 0 Å². The Bertz CT molecular complexity index is 591. The molecule has 0 N–H and O–H groups in total. The van der Waals surface area contributed by atoms with Crippen LogP contribution in [0.25, 0.3) is 0 Å². The Balaban J connectivity index is 2.12. The lowest BCUT2D eigenvalue weighted by atomic mass is 9.96. The highest BCUT2D eigenvalue weighted by Gasteiger charge is 2.38. The van der Waals surface area contributed by atoms with Gasteiger partial charge in [-0.3, -0.25) is 0 Å². The molecular formula is C11H12N2O4S. The molecule has 3 rings (SSSR count). The van der Waals surface area contributed by atoms with Gasteiger partial charge in [0.15, 0.2) is 10.5 Å². The summed E-state index contributed by atoms with van der Waals surface area (Å²) in [4.78, 5) is 4.02. The highest BCUT2D eigenvalue weighted by Crippen LogP contribution is 2.33. The van der Waals surface area contributed by atoms with E-state index in [1.165, 1.54) is 18.5 Å². The molecule has 2 aliphatic rings. The van der Waals surface area contributed by atoms with Gasteiger partial charge in [-0.05, 0) is 12.1 Å². The Morgan fingerprint density at radius 1 is 1.28 bits per heavy atom. The van der Waals surface area contributed by atoms with E-state index in [0.29, 0.717) is 26.1 Å². The fourth-order valence-electron chi connectivity index (χ4n) is 2.04. The third-order valence-electron chi connectivity index (χ3n) is 3.08. The van der Waals surface area contributed by atoms with Gasteiger partial charge in [-0.1, -0.05) is 0 Å². The van der Waals surface area contributed by atoms with Crippen molar-refractivity contribution < 1.29 is 17.9 Å². The van der Waals surface area contributed by atoms with Gasteiger partial charge >= 0.3 is 0 Å². The van der Waals surface area contributed by atoms with Crippen LogP contribution in [0.15, 0.2) is 27.6 Å². The molecule has 0 radical (unpaired) electrons. The summed E-state index contributed by atoms with van der Waals surface area (Å²) in [5, 5.41) is 0. The minimum atomic E-state index is -3.71. The first-order valence-corrected chi connectivity index (χ1v) is 7.09. The monoisotopic (exact) mass is 268 g/mol. The molecule has 1 spiro atoms. The summed E-state index contributed by atoms with van der Waals surface area (Å²) in [5.41, 5.74) is -0.717. The predicted octanol–water partition coefficient (Wildman–Crippen LogP) is 0.783. The normalized spacial score (nSPS) is 24.0. The second-order valence-corrected chi connectivity index (χ2v) is 5.90. The number of nitrogens with zero attached hydrogens (tertiary/aromatic N) is 2. The van der Waals surface area contributed by atoms with E-state index in [1.54, 1.807) is 6.07 Å². The SMILES string of the molecule is O=S1(=O)N=CC2(CCOCC2)Oc2ncccc21. The van der Waals surface area contributed by atoms with E-state index in [1.807, 2.05) is 0 Å². The number of aromatic nitrogens is 1. The largest absolute Gasteiger partial charge is 0.464 e. The van der Waals surface area contributed by atoms with Crippen molar-refractivity contribution in [3.8, 4) is 5.88 Å². The maximum Gasteiger partial charge on any atom is 0.287 e. The molecule has 0 atom stereocenters. The summed E-state index contributed by atoms with van der Waals surface area (Å²) >= 11 is 0. The predicted molar refractivity (Wildman–Crippen MR) is 63.3 cm³/mol. The van der Waals surface area contributed by atoms with Gasteiger partial charge in [-0.25, -0.2) is 4.98 Å². The fraction of sp³-hybridized carbons (Fsp3) is 0.455. The number of ether oxygens (including phenoxy) is 2. The topological polar surface area (TPSA) is 77.9 Å². The Morgan fingerprint density at radius 2 is 2.06 bits per heavy atom. The molecule has 0 bridgehead atoms.